The van der Waals surface area contributed by atoms with Crippen molar-refractivity contribution in [2.24, 2.45) is 0 Å². The van der Waals surface area contributed by atoms with Gasteiger partial charge in [0.2, 0.25) is 11.8 Å². The van der Waals surface area contributed by atoms with Crippen LogP contribution in [0.15, 0.2) is 146 Å². The number of sulfonamides is 2. The standard InChI is InChI=1S/C76H42F6N4O10S2/c77-75(78,79)97(93,94)83-57(87)5-1-3-31-85-71(89)53-27-23-49-45-19-15-41-37-11-7-33-35-9-13-39-43-17-21-47-51-25-29-55-70-56(74(92)86(73(55)91)32-4-2-6-58(88)84-98(95,96)76(80,81)82)30-26-52(68(51)70)48-22-18-44(64(43)66(47)48)40-14-10-36(60(35)62(39)40)34-8-12-38(61(37)59(33)34)42-16-20-46(65(45)63(41)42)50-24-28-54(72(85)90)69(53)67(49)50/h7-30H,1-6,31-32H2,(H,83,87)(H,84,88). The average Bonchev–Trinajstić information content (AvgIpc) is 0.681. The second-order valence-corrected chi connectivity index (χ2v) is 29.2. The fourth-order valence-corrected chi connectivity index (χ4v) is 18.0. The van der Waals surface area contributed by atoms with E-state index in [4.69, 9.17) is 0 Å². The monoisotopic (exact) mass is 1350 g/mol. The maximum absolute atomic E-state index is 14.2. The zero-order valence-corrected chi connectivity index (χ0v) is 52.2. The quantitative estimate of drug-likeness (QED) is 0.0390. The average molecular weight is 1350 g/mol. The lowest BCUT2D eigenvalue weighted by atomic mass is 9.79. The molecule has 2 N–H and O–H groups in total. The van der Waals surface area contributed by atoms with Crippen molar-refractivity contribution >= 4 is 228 Å². The number of imide groups is 2. The summed E-state index contributed by atoms with van der Waals surface area (Å²) in [5.74, 6) is -4.94. The predicted molar refractivity (Wildman–Crippen MR) is 367 cm³/mol. The number of carbonyl (C=O) groups is 6. The molecular formula is C76H42F6N4O10S2. The van der Waals surface area contributed by atoms with Crippen molar-refractivity contribution < 1.29 is 71.9 Å². The van der Waals surface area contributed by atoms with Gasteiger partial charge in [-0.25, -0.2) is 9.44 Å². The minimum atomic E-state index is -5.88. The van der Waals surface area contributed by atoms with Gasteiger partial charge in [-0.1, -0.05) is 121 Å². The molecule has 17 aromatic rings. The van der Waals surface area contributed by atoms with Gasteiger partial charge in [-0.2, -0.15) is 43.2 Å². The normalized spacial score (nSPS) is 14.6. The molecule has 17 aromatic carbocycles. The molecule has 2 aliphatic rings. The lowest BCUT2D eigenvalue weighted by Crippen LogP contribution is -2.41. The molecule has 0 aromatic heterocycles. The molecule has 19 rings (SSSR count). The van der Waals surface area contributed by atoms with E-state index in [0.29, 0.717) is 33.0 Å². The van der Waals surface area contributed by atoms with Gasteiger partial charge in [0.05, 0.1) is 0 Å². The second-order valence-electron chi connectivity index (χ2n) is 25.8. The summed E-state index contributed by atoms with van der Waals surface area (Å²) >= 11 is 0. The van der Waals surface area contributed by atoms with Crippen LogP contribution >= 0.6 is 0 Å². The summed E-state index contributed by atoms with van der Waals surface area (Å²) in [5.41, 5.74) is -10.1. The molecule has 98 heavy (non-hydrogen) atoms. The Labute approximate surface area is 546 Å². The maximum Gasteiger partial charge on any atom is 0.516 e. The largest absolute Gasteiger partial charge is 0.516 e. The number of nitrogens with zero attached hydrogens (tertiary/aromatic N) is 2. The molecular weight excluding hydrogens is 1310 g/mol. The molecule has 0 fully saturated rings. The third-order valence-electron chi connectivity index (χ3n) is 20.9. The highest BCUT2D eigenvalue weighted by Crippen LogP contribution is 2.55. The molecule has 2 heterocycles. The van der Waals surface area contributed by atoms with Crippen molar-refractivity contribution in [2.75, 3.05) is 13.1 Å². The number of nitrogens with one attached hydrogen (secondary N) is 2. The summed E-state index contributed by atoms with van der Waals surface area (Å²) in [7, 11) is -11.8. The van der Waals surface area contributed by atoms with Crippen LogP contribution in [0, 0.1) is 0 Å². The summed E-state index contributed by atoms with van der Waals surface area (Å²) in [6, 6.07) is 49.7. The minimum absolute atomic E-state index is 0.0312. The Kier molecular flexibility index (Phi) is 11.5. The van der Waals surface area contributed by atoms with Crippen LogP contribution in [0.5, 0.6) is 0 Å². The van der Waals surface area contributed by atoms with E-state index >= 15 is 0 Å². The molecule has 2 aliphatic heterocycles. The van der Waals surface area contributed by atoms with E-state index < -0.39 is 79.3 Å². The first-order chi connectivity index (χ1) is 46.9. The number of hydrogen-bond donors (Lipinski definition) is 2. The Morgan fingerprint density at radius 2 is 0.439 bits per heavy atom. The van der Waals surface area contributed by atoms with Crippen LogP contribution in [0.1, 0.15) is 80.0 Å². The third-order valence-corrected chi connectivity index (χ3v) is 23.2. The Morgan fingerprint density at radius 3 is 0.612 bits per heavy atom. The van der Waals surface area contributed by atoms with Crippen LogP contribution in [0.2, 0.25) is 0 Å². The predicted octanol–water partition coefficient (Wildman–Crippen LogP) is 16.8. The number of halogens is 6. The van der Waals surface area contributed by atoms with Gasteiger partial charge in [-0.05, 0) is 212 Å². The Bertz CT molecular complexity index is 6180. The van der Waals surface area contributed by atoms with Crippen LogP contribution in [0.3, 0.4) is 0 Å². The lowest BCUT2D eigenvalue weighted by Gasteiger charge is -2.29. The molecule has 0 saturated heterocycles. The number of amides is 6. The third kappa shape index (κ3) is 7.47. The summed E-state index contributed by atoms with van der Waals surface area (Å²) < 4.78 is 125. The van der Waals surface area contributed by atoms with Gasteiger partial charge in [0.25, 0.3) is 23.6 Å². The van der Waals surface area contributed by atoms with Gasteiger partial charge in [-0.15, -0.1) is 0 Å². The van der Waals surface area contributed by atoms with Crippen molar-refractivity contribution in [3.8, 4) is 0 Å². The van der Waals surface area contributed by atoms with Crippen molar-refractivity contribution in [2.45, 2.75) is 49.5 Å². The highest BCUT2D eigenvalue weighted by molar-refractivity contribution is 7.91. The first-order valence-electron chi connectivity index (χ1n) is 31.5. The van der Waals surface area contributed by atoms with Crippen molar-refractivity contribution in [3.05, 3.63) is 168 Å². The molecule has 0 atom stereocenters. The van der Waals surface area contributed by atoms with Gasteiger partial charge < -0.3 is 0 Å². The van der Waals surface area contributed by atoms with Gasteiger partial charge in [0.15, 0.2) is 0 Å². The highest BCUT2D eigenvalue weighted by atomic mass is 32.2. The summed E-state index contributed by atoms with van der Waals surface area (Å²) in [5, 5.41) is 31.8. The first-order valence-corrected chi connectivity index (χ1v) is 34.5. The van der Waals surface area contributed by atoms with E-state index in [9.17, 15) is 71.9 Å². The Balaban J connectivity index is 0.692. The molecule has 0 spiro atoms. The van der Waals surface area contributed by atoms with E-state index in [1.807, 2.05) is 24.3 Å². The molecule has 0 saturated carbocycles. The van der Waals surface area contributed by atoms with Crippen LogP contribution in [-0.4, -0.2) is 86.2 Å². The molecule has 0 bridgehead atoms. The topological polar surface area (TPSA) is 201 Å². The second kappa shape index (κ2) is 19.3. The number of benzene rings is 17. The van der Waals surface area contributed by atoms with Gasteiger partial charge in [-0.3, -0.25) is 38.6 Å². The summed E-state index contributed by atoms with van der Waals surface area (Å²) in [6.07, 6.45) is -1.28. The van der Waals surface area contributed by atoms with Gasteiger partial charge >= 0.3 is 31.1 Å². The van der Waals surface area contributed by atoms with E-state index in [1.54, 1.807) is 24.3 Å². The fourth-order valence-electron chi connectivity index (χ4n) is 17.0. The number of unbranched alkanes of at least 4 members (excludes halogenated alkanes) is 2. The Hall–Kier alpha value is -11.1. The zero-order valence-electron chi connectivity index (χ0n) is 50.6. The van der Waals surface area contributed by atoms with Gasteiger partial charge in [0, 0.05) is 59.0 Å². The number of rotatable bonds is 12. The van der Waals surface area contributed by atoms with E-state index in [1.165, 1.54) is 0 Å². The molecule has 22 heteroatoms. The number of alkyl halides is 6. The lowest BCUT2D eigenvalue weighted by molar-refractivity contribution is -0.120. The number of hydrogen-bond acceptors (Lipinski definition) is 10. The Morgan fingerprint density at radius 1 is 0.276 bits per heavy atom. The molecule has 0 aliphatic carbocycles. The SMILES string of the molecule is O=C(CCCCN1C(=O)c2ccc3c4ccc5c6ccc7c8ccc9c%10ccc%11c%12ccc%13c%14c(ccc(c%15ccc(c%16ccc(c%17ccc(c%18ccc(c%19ccc(c2c3%19)C1=O)c4c5%18)c6c7%17)c8c9%16)c%10c%11%15)c%14%12)C(=O)N(CCCCC(=O)NS(=O)(=O)C(F)(F)F)C%13=O)NS(=O)(=O)C(F)(F)F. The van der Waals surface area contributed by atoms with E-state index in [0.717, 1.165) is 181 Å². The smallest absolute Gasteiger partial charge is 0.274 e. The van der Waals surface area contributed by atoms with E-state index in [2.05, 4.69) is 97.1 Å². The number of fused-ring (bicyclic) bond motifs is 10. The maximum atomic E-state index is 14.2. The summed E-state index contributed by atoms with van der Waals surface area (Å²) in [4.78, 5) is 83.3. The highest BCUT2D eigenvalue weighted by Gasteiger charge is 2.48. The summed E-state index contributed by atoms with van der Waals surface area (Å²) in [6.45, 7) is -0.305. The molecule has 0 radical (unpaired) electrons. The molecule has 0 unspecified atom stereocenters. The van der Waals surface area contributed by atoms with Crippen LogP contribution in [0.4, 0.5) is 26.3 Å². The fraction of sp³-hybridized carbons (Fsp3) is 0.132. The van der Waals surface area contributed by atoms with Crippen LogP contribution < -0.4 is 9.44 Å². The van der Waals surface area contributed by atoms with Crippen LogP contribution in [0.25, 0.3) is 172 Å². The van der Waals surface area contributed by atoms with Crippen molar-refractivity contribution in [1.29, 1.82) is 0 Å². The zero-order chi connectivity index (χ0) is 67.4. The molecule has 14 nitrogen and oxygen atoms in total. The van der Waals surface area contributed by atoms with E-state index in [-0.39, 0.29) is 38.8 Å². The first kappa shape index (κ1) is 58.3. The van der Waals surface area contributed by atoms with Crippen LogP contribution in [-0.2, 0) is 29.6 Å². The van der Waals surface area contributed by atoms with Crippen molar-refractivity contribution in [1.82, 2.24) is 19.2 Å². The van der Waals surface area contributed by atoms with Crippen molar-refractivity contribution in [3.63, 3.8) is 0 Å². The minimum Gasteiger partial charge on any atom is -0.274 e. The molecule has 480 valence electrons. The number of carbonyl (C=O) groups excluding carboxylic acids is 6. The molecule has 6 amide bonds. The van der Waals surface area contributed by atoms with Gasteiger partial charge in [0.1, 0.15) is 0 Å².